The van der Waals surface area contributed by atoms with Crippen LogP contribution in [-0.4, -0.2) is 5.91 Å². The molecule has 0 saturated heterocycles. The highest BCUT2D eigenvalue weighted by Crippen LogP contribution is 2.19. The molecule has 0 radical (unpaired) electrons. The minimum Gasteiger partial charge on any atom is -0.320 e. The van der Waals surface area contributed by atoms with E-state index in [1.54, 1.807) is 0 Å². The molecule has 0 aliphatic rings. The van der Waals surface area contributed by atoms with Gasteiger partial charge in [-0.3, -0.25) is 4.79 Å². The van der Waals surface area contributed by atoms with E-state index >= 15 is 0 Å². The first-order valence-corrected chi connectivity index (χ1v) is 8.64. The summed E-state index contributed by atoms with van der Waals surface area (Å²) in [6.07, 6.45) is 5.71. The zero-order valence-electron chi connectivity index (χ0n) is 14.5. The van der Waals surface area contributed by atoms with E-state index in [-0.39, 0.29) is 5.91 Å². The predicted octanol–water partition coefficient (Wildman–Crippen LogP) is 3.77. The third-order valence-electron chi connectivity index (χ3n) is 4.22. The Balaban J connectivity index is 1.68. The molecule has 0 unspecified atom stereocenters. The summed E-state index contributed by atoms with van der Waals surface area (Å²) in [4.78, 5) is 12.4. The second kappa shape index (κ2) is 8.25. The van der Waals surface area contributed by atoms with E-state index in [4.69, 9.17) is 0 Å². The molecule has 2 aromatic carbocycles. The fourth-order valence-electron chi connectivity index (χ4n) is 2.80. The van der Waals surface area contributed by atoms with Gasteiger partial charge >= 0.3 is 0 Å². The van der Waals surface area contributed by atoms with Gasteiger partial charge in [0.15, 0.2) is 12.4 Å². The number of aryl methyl sites for hydroxylation is 1. The Labute approximate surface area is 149 Å². The van der Waals surface area contributed by atoms with Gasteiger partial charge in [-0.25, -0.2) is 0 Å². The second-order valence-corrected chi connectivity index (χ2v) is 6.10. The monoisotopic (exact) mass is 331 g/mol. The van der Waals surface area contributed by atoms with Crippen molar-refractivity contribution in [3.05, 3.63) is 95.8 Å². The van der Waals surface area contributed by atoms with Gasteiger partial charge in [-0.1, -0.05) is 55.5 Å². The van der Waals surface area contributed by atoms with Crippen molar-refractivity contribution in [1.82, 2.24) is 0 Å². The molecule has 1 N–H and O–H groups in total. The fraction of sp³-hybridized carbons (Fsp3) is 0.182. The van der Waals surface area contributed by atoms with E-state index in [0.717, 1.165) is 24.1 Å². The molecule has 3 aromatic rings. The third kappa shape index (κ3) is 4.77. The molecule has 0 spiro atoms. The van der Waals surface area contributed by atoms with Crippen molar-refractivity contribution in [2.24, 2.45) is 0 Å². The Hall–Kier alpha value is -2.94. The Morgan fingerprint density at radius 1 is 0.880 bits per heavy atom. The van der Waals surface area contributed by atoms with Crippen molar-refractivity contribution in [1.29, 1.82) is 0 Å². The Morgan fingerprint density at radius 2 is 1.56 bits per heavy atom. The topological polar surface area (TPSA) is 33.0 Å². The summed E-state index contributed by atoms with van der Waals surface area (Å²) < 4.78 is 1.90. The van der Waals surface area contributed by atoms with Crippen LogP contribution in [0.3, 0.4) is 0 Å². The van der Waals surface area contributed by atoms with E-state index in [2.05, 4.69) is 42.6 Å². The van der Waals surface area contributed by atoms with Crippen LogP contribution >= 0.6 is 0 Å². The number of hydrogen-bond acceptors (Lipinski definition) is 1. The van der Waals surface area contributed by atoms with Gasteiger partial charge < -0.3 is 5.32 Å². The van der Waals surface area contributed by atoms with Crippen molar-refractivity contribution in [3.8, 4) is 0 Å². The van der Waals surface area contributed by atoms with E-state index < -0.39 is 0 Å². The van der Waals surface area contributed by atoms with Crippen molar-refractivity contribution in [2.45, 2.75) is 26.3 Å². The molecule has 126 valence electrons. The van der Waals surface area contributed by atoms with Gasteiger partial charge in [0.1, 0.15) is 0 Å². The number of hydrogen-bond donors (Lipinski definition) is 1. The number of pyridine rings is 1. The van der Waals surface area contributed by atoms with Gasteiger partial charge in [-0.15, -0.1) is 0 Å². The lowest BCUT2D eigenvalue weighted by Crippen LogP contribution is -2.39. The Bertz CT molecular complexity index is 826. The van der Waals surface area contributed by atoms with E-state index in [9.17, 15) is 4.79 Å². The summed E-state index contributed by atoms with van der Waals surface area (Å²) in [5.74, 6) is -0.0187. The maximum absolute atomic E-state index is 12.4. The zero-order chi connectivity index (χ0) is 17.5. The highest BCUT2D eigenvalue weighted by atomic mass is 16.1. The van der Waals surface area contributed by atoms with Crippen molar-refractivity contribution in [3.63, 3.8) is 0 Å². The molecular weight excluding hydrogens is 308 g/mol. The molecule has 1 aromatic heterocycles. The summed E-state index contributed by atoms with van der Waals surface area (Å²) in [5.41, 5.74) is 4.49. The number of nitrogens with one attached hydrogen (secondary N) is 1. The SMILES string of the molecule is CCc1cc[n+](CC(=O)Nc2ccccc2Cc2ccccc2)cc1. The maximum atomic E-state index is 12.4. The molecule has 3 heteroatoms. The molecule has 3 nitrogen and oxygen atoms in total. The van der Waals surface area contributed by atoms with Crippen LogP contribution in [0.1, 0.15) is 23.6 Å². The van der Waals surface area contributed by atoms with Gasteiger partial charge in [-0.2, -0.15) is 4.57 Å². The average molecular weight is 331 g/mol. The number of anilines is 1. The molecule has 3 rings (SSSR count). The van der Waals surface area contributed by atoms with E-state index in [1.807, 2.05) is 53.4 Å². The number of carbonyl (C=O) groups excluding carboxylic acids is 1. The molecule has 0 saturated carbocycles. The molecule has 1 amide bonds. The van der Waals surface area contributed by atoms with Crippen LogP contribution in [0.4, 0.5) is 5.69 Å². The van der Waals surface area contributed by atoms with Crippen molar-refractivity contribution < 1.29 is 9.36 Å². The minimum absolute atomic E-state index is 0.0187. The van der Waals surface area contributed by atoms with Crippen LogP contribution in [0.15, 0.2) is 79.1 Å². The van der Waals surface area contributed by atoms with E-state index in [0.29, 0.717) is 6.54 Å². The first-order chi connectivity index (χ1) is 12.2. The van der Waals surface area contributed by atoms with Crippen LogP contribution in [0.5, 0.6) is 0 Å². The standard InChI is InChI=1S/C22H22N2O/c1-2-18-12-14-24(15-13-18)17-22(25)23-21-11-7-6-10-20(21)16-19-8-4-3-5-9-19/h3-15H,2,16-17H2,1H3/p+1. The quantitative estimate of drug-likeness (QED) is 0.685. The summed E-state index contributed by atoms with van der Waals surface area (Å²) in [5, 5.41) is 3.05. The molecule has 1 heterocycles. The molecule has 0 fully saturated rings. The summed E-state index contributed by atoms with van der Waals surface area (Å²) in [6, 6.07) is 22.4. The second-order valence-electron chi connectivity index (χ2n) is 6.10. The first kappa shape index (κ1) is 16.9. The molecule has 0 aliphatic carbocycles. The number of rotatable bonds is 6. The summed E-state index contributed by atoms with van der Waals surface area (Å²) in [7, 11) is 0. The van der Waals surface area contributed by atoms with Gasteiger partial charge in [0.25, 0.3) is 5.91 Å². The van der Waals surface area contributed by atoms with Gasteiger partial charge in [0.2, 0.25) is 6.54 Å². The van der Waals surface area contributed by atoms with Gasteiger partial charge in [0, 0.05) is 17.8 Å². The van der Waals surface area contributed by atoms with Crippen LogP contribution in [0.2, 0.25) is 0 Å². The zero-order valence-corrected chi connectivity index (χ0v) is 14.5. The highest BCUT2D eigenvalue weighted by molar-refractivity contribution is 5.90. The highest BCUT2D eigenvalue weighted by Gasteiger charge is 2.11. The number of para-hydroxylation sites is 1. The van der Waals surface area contributed by atoms with Crippen LogP contribution in [0, 0.1) is 0 Å². The minimum atomic E-state index is -0.0187. The smallest absolute Gasteiger partial charge is 0.290 e. The van der Waals surface area contributed by atoms with E-state index in [1.165, 1.54) is 11.1 Å². The van der Waals surface area contributed by atoms with Crippen LogP contribution < -0.4 is 9.88 Å². The predicted molar refractivity (Wildman–Crippen MR) is 100 cm³/mol. The number of nitrogens with zero attached hydrogens (tertiary/aromatic N) is 1. The van der Waals surface area contributed by atoms with Gasteiger partial charge in [-0.05, 0) is 35.6 Å². The van der Waals surface area contributed by atoms with Gasteiger partial charge in [0.05, 0.1) is 0 Å². The lowest BCUT2D eigenvalue weighted by Gasteiger charge is -2.10. The average Bonchev–Trinajstić information content (AvgIpc) is 2.65. The summed E-state index contributed by atoms with van der Waals surface area (Å²) in [6.45, 7) is 2.43. The summed E-state index contributed by atoms with van der Waals surface area (Å²) >= 11 is 0. The maximum Gasteiger partial charge on any atom is 0.290 e. The fourth-order valence-corrected chi connectivity index (χ4v) is 2.80. The molecule has 0 aliphatic heterocycles. The normalized spacial score (nSPS) is 10.4. The molecule has 25 heavy (non-hydrogen) atoms. The van der Waals surface area contributed by atoms with Crippen molar-refractivity contribution >= 4 is 11.6 Å². The number of amides is 1. The molecule has 0 bridgehead atoms. The molecular formula is C22H23N2O+. The van der Waals surface area contributed by atoms with Crippen molar-refractivity contribution in [2.75, 3.05) is 5.32 Å². The number of carbonyl (C=O) groups is 1. The number of benzene rings is 2. The van der Waals surface area contributed by atoms with Crippen LogP contribution in [0.25, 0.3) is 0 Å². The lowest BCUT2D eigenvalue weighted by atomic mass is 10.0. The lowest BCUT2D eigenvalue weighted by molar-refractivity contribution is -0.684. The third-order valence-corrected chi connectivity index (χ3v) is 4.22. The first-order valence-electron chi connectivity index (χ1n) is 8.64. The van der Waals surface area contributed by atoms with Crippen LogP contribution in [-0.2, 0) is 24.2 Å². The largest absolute Gasteiger partial charge is 0.320 e. The molecule has 0 atom stereocenters. The Kier molecular flexibility index (Phi) is 5.57. The number of aromatic nitrogens is 1. The Morgan fingerprint density at radius 3 is 2.28 bits per heavy atom.